The van der Waals surface area contributed by atoms with E-state index in [0.29, 0.717) is 32.1 Å². The number of aliphatic hydroxyl groups is 1. The van der Waals surface area contributed by atoms with Crippen LogP contribution < -0.4 is 0 Å². The number of esters is 4. The van der Waals surface area contributed by atoms with E-state index in [1.165, 1.54) is 116 Å². The van der Waals surface area contributed by atoms with E-state index in [1.54, 1.807) is 0 Å². The molecule has 104 heavy (non-hydrogen) atoms. The third-order valence-corrected chi connectivity index (χ3v) is 19.1. The van der Waals surface area contributed by atoms with E-state index >= 15 is 0 Å². The Kier molecular flexibility index (Phi) is 73.7. The molecule has 0 aromatic heterocycles. The van der Waals surface area contributed by atoms with Crippen LogP contribution in [0.4, 0.5) is 0 Å². The van der Waals surface area contributed by atoms with E-state index in [9.17, 15) is 43.2 Å². The number of allylic oxidation sites excluding steroid dienone is 18. The Morgan fingerprint density at radius 1 is 0.269 bits per heavy atom. The van der Waals surface area contributed by atoms with Crippen LogP contribution in [0.3, 0.4) is 0 Å². The van der Waals surface area contributed by atoms with Crippen molar-refractivity contribution in [1.29, 1.82) is 0 Å². The number of hydrogen-bond acceptors (Lipinski definition) is 15. The molecule has 19 heteroatoms. The minimum Gasteiger partial charge on any atom is -0.462 e. The highest BCUT2D eigenvalue weighted by molar-refractivity contribution is 7.47. The van der Waals surface area contributed by atoms with E-state index in [4.69, 9.17) is 37.0 Å². The van der Waals surface area contributed by atoms with Gasteiger partial charge in [0.1, 0.15) is 19.3 Å². The molecule has 0 heterocycles. The van der Waals surface area contributed by atoms with Gasteiger partial charge in [-0.1, -0.05) is 285 Å². The molecule has 0 bridgehead atoms. The molecule has 0 rings (SSSR count). The molecule has 0 aromatic rings. The Labute approximate surface area is 632 Å². The van der Waals surface area contributed by atoms with E-state index in [1.807, 2.05) is 12.2 Å². The first-order valence-electron chi connectivity index (χ1n) is 41.1. The highest BCUT2D eigenvalue weighted by Crippen LogP contribution is 2.45. The first-order valence-corrected chi connectivity index (χ1v) is 44.1. The fraction of sp³-hybridized carbons (Fsp3) is 0.741. The SMILES string of the molecule is CCCCC/C=C\C/C=C\C/C=C\C/C=C\C/C=C\CCC(=O)OC[C@H](COP(=O)(O)OC[C@@H](O)COP(=O)(O)OC[C@@H](COC(=O)CCCCCCC/C=C\C/C=C\CCCCC)OC(=O)CCCCCCC/C=C\CCCCCCCC)OC(=O)CCCCCCC/C=C\CCCCCCCC. The Morgan fingerprint density at radius 2 is 0.490 bits per heavy atom. The largest absolute Gasteiger partial charge is 0.472 e. The summed E-state index contributed by atoms with van der Waals surface area (Å²) in [6.45, 7) is 4.73. The predicted octanol–water partition coefficient (Wildman–Crippen LogP) is 24.1. The van der Waals surface area contributed by atoms with Crippen LogP contribution in [0, 0.1) is 0 Å². The lowest BCUT2D eigenvalue weighted by Crippen LogP contribution is -2.30. The van der Waals surface area contributed by atoms with Crippen molar-refractivity contribution in [2.24, 2.45) is 0 Å². The molecule has 0 radical (unpaired) electrons. The number of phosphoric acid groups is 2. The monoisotopic (exact) mass is 1500 g/mol. The second-order valence-electron chi connectivity index (χ2n) is 27.3. The van der Waals surface area contributed by atoms with Gasteiger partial charge in [-0.3, -0.25) is 37.3 Å². The summed E-state index contributed by atoms with van der Waals surface area (Å²) in [4.78, 5) is 73.0. The van der Waals surface area contributed by atoms with Crippen LogP contribution in [0.5, 0.6) is 0 Å². The smallest absolute Gasteiger partial charge is 0.462 e. The Balaban J connectivity index is 5.44. The van der Waals surface area contributed by atoms with Crippen LogP contribution in [0.1, 0.15) is 349 Å². The van der Waals surface area contributed by atoms with Crippen molar-refractivity contribution in [3.8, 4) is 0 Å². The van der Waals surface area contributed by atoms with Crippen molar-refractivity contribution in [3.63, 3.8) is 0 Å². The van der Waals surface area contributed by atoms with Crippen molar-refractivity contribution in [2.75, 3.05) is 39.6 Å². The fourth-order valence-electron chi connectivity index (χ4n) is 10.9. The van der Waals surface area contributed by atoms with Crippen LogP contribution in [0.2, 0.25) is 0 Å². The minimum atomic E-state index is -5.00. The molecule has 2 unspecified atom stereocenters. The number of aliphatic hydroxyl groups excluding tert-OH is 1. The molecule has 17 nitrogen and oxygen atoms in total. The van der Waals surface area contributed by atoms with Gasteiger partial charge in [0, 0.05) is 25.7 Å². The standard InChI is InChI=1S/C85H148O17P2/c1-5-9-13-17-21-25-29-33-37-38-39-40-44-46-50-54-58-62-66-70-83(88)96-76-81(102-85(90)72-68-64-60-56-52-48-43-36-32-28-24-20-16-12-8-4)78-100-104(93,94)98-74-79(86)73-97-103(91,92)99-77-80(101-84(89)71-67-63-59-55-51-47-42-35-31-27-23-19-15-11-7-3)75-95-82(87)69-65-61-57-53-49-45-41-34-30-26-22-18-14-10-6-2/h21-22,25-26,33-37,39-43,46,50,58,62,79-81,86H,5-20,23-24,27-32,38,44-45,47-49,51-57,59-61,63-78H2,1-4H3,(H,91,92)(H,93,94)/b25-21-,26-22-,37-33-,40-39-,41-34-,42-35-,43-36-,50-46-,62-58-/t79-,80+,81+/m0/s1. The molecule has 0 aliphatic carbocycles. The number of carbonyl (C=O) groups excluding carboxylic acids is 4. The van der Waals surface area contributed by atoms with Crippen molar-refractivity contribution >= 4 is 39.5 Å². The molecule has 0 saturated heterocycles. The quantitative estimate of drug-likeness (QED) is 0.0169. The molecule has 600 valence electrons. The van der Waals surface area contributed by atoms with Gasteiger partial charge in [0.25, 0.3) is 0 Å². The van der Waals surface area contributed by atoms with E-state index in [0.717, 1.165) is 148 Å². The van der Waals surface area contributed by atoms with Crippen LogP contribution in [0.15, 0.2) is 109 Å². The number of ether oxygens (including phenoxy) is 4. The normalized spacial score (nSPS) is 14.4. The zero-order valence-corrected chi connectivity index (χ0v) is 67.5. The second-order valence-corrected chi connectivity index (χ2v) is 30.3. The second kappa shape index (κ2) is 76.9. The number of carbonyl (C=O) groups is 4. The lowest BCUT2D eigenvalue weighted by Gasteiger charge is -2.21. The van der Waals surface area contributed by atoms with Crippen molar-refractivity contribution < 1.29 is 80.2 Å². The number of unbranched alkanes of at least 4 members (excludes halogenated alkanes) is 33. The molecule has 0 aliphatic rings. The first kappa shape index (κ1) is 99.7. The zero-order valence-electron chi connectivity index (χ0n) is 65.7. The highest BCUT2D eigenvalue weighted by atomic mass is 31.2. The Hall–Kier alpha value is -4.28. The highest BCUT2D eigenvalue weighted by Gasteiger charge is 2.30. The molecule has 0 amide bonds. The van der Waals surface area contributed by atoms with Gasteiger partial charge in [-0.2, -0.15) is 0 Å². The van der Waals surface area contributed by atoms with E-state index in [-0.39, 0.29) is 25.7 Å². The average molecular weight is 1500 g/mol. The van der Waals surface area contributed by atoms with Crippen LogP contribution >= 0.6 is 15.6 Å². The van der Waals surface area contributed by atoms with Gasteiger partial charge in [0.05, 0.1) is 26.4 Å². The molecule has 0 aromatic carbocycles. The maximum atomic E-state index is 13.1. The van der Waals surface area contributed by atoms with Gasteiger partial charge >= 0.3 is 39.5 Å². The van der Waals surface area contributed by atoms with Crippen molar-refractivity contribution in [3.05, 3.63) is 109 Å². The van der Waals surface area contributed by atoms with Gasteiger partial charge in [-0.05, 0) is 148 Å². The van der Waals surface area contributed by atoms with Gasteiger partial charge in [-0.25, -0.2) is 9.13 Å². The Bertz CT molecular complexity index is 2390. The molecular weight excluding hydrogens is 1350 g/mol. The third-order valence-electron chi connectivity index (χ3n) is 17.2. The maximum Gasteiger partial charge on any atom is 0.472 e. The van der Waals surface area contributed by atoms with Crippen molar-refractivity contribution in [2.45, 2.75) is 367 Å². The van der Waals surface area contributed by atoms with Gasteiger partial charge in [0.2, 0.25) is 0 Å². The zero-order chi connectivity index (χ0) is 76.0. The summed E-state index contributed by atoms with van der Waals surface area (Å²) in [6, 6.07) is 0. The summed E-state index contributed by atoms with van der Waals surface area (Å²) >= 11 is 0. The lowest BCUT2D eigenvalue weighted by atomic mass is 10.1. The molecule has 0 aliphatic heterocycles. The molecule has 0 fully saturated rings. The van der Waals surface area contributed by atoms with Crippen LogP contribution in [-0.2, 0) is 65.4 Å². The number of phosphoric ester groups is 2. The Morgan fingerprint density at radius 3 is 0.808 bits per heavy atom. The molecule has 0 spiro atoms. The first-order chi connectivity index (χ1) is 50.7. The van der Waals surface area contributed by atoms with E-state index in [2.05, 4.69) is 125 Å². The maximum absolute atomic E-state index is 13.1. The van der Waals surface area contributed by atoms with Crippen molar-refractivity contribution in [1.82, 2.24) is 0 Å². The van der Waals surface area contributed by atoms with E-state index < -0.39 is 97.5 Å². The molecule has 5 atom stereocenters. The fourth-order valence-corrected chi connectivity index (χ4v) is 12.4. The minimum absolute atomic E-state index is 0.0358. The number of hydrogen-bond donors (Lipinski definition) is 3. The average Bonchev–Trinajstić information content (AvgIpc) is 0.918. The van der Waals surface area contributed by atoms with Gasteiger partial charge in [0.15, 0.2) is 12.2 Å². The molecule has 0 saturated carbocycles. The summed E-state index contributed by atoms with van der Waals surface area (Å²) in [5.41, 5.74) is 0. The molecular formula is C85H148O17P2. The van der Waals surface area contributed by atoms with Crippen LogP contribution in [-0.4, -0.2) is 96.7 Å². The topological polar surface area (TPSA) is 237 Å². The predicted molar refractivity (Wildman–Crippen MR) is 427 cm³/mol. The summed E-state index contributed by atoms with van der Waals surface area (Å²) in [6.07, 6.45) is 83.6. The number of rotatable bonds is 77. The third kappa shape index (κ3) is 75.9. The van der Waals surface area contributed by atoms with Crippen LogP contribution in [0.25, 0.3) is 0 Å². The summed E-state index contributed by atoms with van der Waals surface area (Å²) < 4.78 is 68.6. The lowest BCUT2D eigenvalue weighted by molar-refractivity contribution is -0.161. The molecule has 3 N–H and O–H groups in total. The summed E-state index contributed by atoms with van der Waals surface area (Å²) in [5.74, 6) is -2.29. The van der Waals surface area contributed by atoms with Gasteiger partial charge < -0.3 is 33.8 Å². The summed E-state index contributed by atoms with van der Waals surface area (Å²) in [5, 5.41) is 10.6. The summed E-state index contributed by atoms with van der Waals surface area (Å²) in [7, 11) is -9.98. The van der Waals surface area contributed by atoms with Gasteiger partial charge in [-0.15, -0.1) is 0 Å².